The molecule has 0 saturated heterocycles. The molecule has 2 N–H and O–H groups in total. The van der Waals surface area contributed by atoms with Gasteiger partial charge >= 0.3 is 0 Å². The molecule has 0 spiro atoms. The lowest BCUT2D eigenvalue weighted by Crippen LogP contribution is -2.11. The molecule has 3 aromatic carbocycles. The van der Waals surface area contributed by atoms with Gasteiger partial charge in [0.2, 0.25) is 0 Å². The highest BCUT2D eigenvalue weighted by atomic mass is 32.2. The molecule has 1 atom stereocenters. The van der Waals surface area contributed by atoms with Crippen LogP contribution < -0.4 is 14.6 Å². The predicted octanol–water partition coefficient (Wildman–Crippen LogP) is 6.13. The molecule has 0 saturated carbocycles. The summed E-state index contributed by atoms with van der Waals surface area (Å²) >= 11 is 0. The molecule has 7 nitrogen and oxygen atoms in total. The average molecular weight is 483 g/mol. The Hall–Kier alpha value is -4.27. The molecule has 0 amide bonds. The number of ether oxygens (including phenoxy) is 2. The summed E-state index contributed by atoms with van der Waals surface area (Å²) in [6.45, 7) is 0. The third-order valence-corrected chi connectivity index (χ3v) is 6.85. The Bertz CT molecular complexity index is 1600. The predicted molar refractivity (Wildman–Crippen MR) is 137 cm³/mol. The van der Waals surface area contributed by atoms with Gasteiger partial charge < -0.3 is 9.47 Å². The van der Waals surface area contributed by atoms with Crippen LogP contribution in [0.5, 0.6) is 17.2 Å². The van der Waals surface area contributed by atoms with Crippen LogP contribution in [0.15, 0.2) is 113 Å². The number of aromatic nitrogens is 2. The van der Waals surface area contributed by atoms with E-state index in [-0.39, 0.29) is 0 Å². The second kappa shape index (κ2) is 9.54. The third kappa shape index (κ3) is 4.98. The molecule has 0 bridgehead atoms. The van der Waals surface area contributed by atoms with E-state index in [9.17, 15) is 4.21 Å². The van der Waals surface area contributed by atoms with Crippen LogP contribution in [0.2, 0.25) is 0 Å². The standard InChI is InChI=1S/C27H22N4O3S/c1-33-23-8-11-25-26(18-23)30-17-14-27(25)34-22-6-9-24(10-7-22)35(28,32)31-21-4-2-19(3-5-21)20-12-15-29-16-13-20/h2-18H,1H3,(H2,28,31,32). The van der Waals surface area contributed by atoms with Crippen molar-refractivity contribution in [1.82, 2.24) is 9.97 Å². The van der Waals surface area contributed by atoms with Crippen LogP contribution in [0.3, 0.4) is 0 Å². The maximum Gasteiger partial charge on any atom is 0.139 e. The molecule has 2 aromatic heterocycles. The minimum Gasteiger partial charge on any atom is -0.497 e. The van der Waals surface area contributed by atoms with Crippen molar-refractivity contribution in [1.29, 1.82) is 0 Å². The van der Waals surface area contributed by atoms with Crippen molar-refractivity contribution < 1.29 is 13.7 Å². The van der Waals surface area contributed by atoms with Crippen molar-refractivity contribution in [2.45, 2.75) is 4.90 Å². The lowest BCUT2D eigenvalue weighted by Gasteiger charge is -2.10. The maximum atomic E-state index is 13.2. The number of nitrogens with two attached hydrogens (primary N) is 1. The van der Waals surface area contributed by atoms with Crippen LogP contribution in [0.1, 0.15) is 0 Å². The Labute approximate surface area is 203 Å². The van der Waals surface area contributed by atoms with E-state index in [0.29, 0.717) is 22.1 Å². The molecule has 0 radical (unpaired) electrons. The molecule has 8 heteroatoms. The Balaban J connectivity index is 1.37. The van der Waals surface area contributed by atoms with E-state index in [1.807, 2.05) is 42.5 Å². The number of hydrogen-bond donors (Lipinski definition) is 1. The number of benzene rings is 3. The highest BCUT2D eigenvalue weighted by molar-refractivity contribution is 7.91. The van der Waals surface area contributed by atoms with E-state index in [0.717, 1.165) is 27.8 Å². The van der Waals surface area contributed by atoms with Crippen LogP contribution in [0.4, 0.5) is 5.69 Å². The van der Waals surface area contributed by atoms with Crippen LogP contribution in [-0.2, 0) is 9.92 Å². The van der Waals surface area contributed by atoms with E-state index in [2.05, 4.69) is 14.3 Å². The van der Waals surface area contributed by atoms with Gasteiger partial charge in [0, 0.05) is 30.0 Å². The normalized spacial score (nSPS) is 12.6. The Kier molecular flexibility index (Phi) is 6.13. The van der Waals surface area contributed by atoms with Gasteiger partial charge in [-0.2, -0.15) is 4.36 Å². The summed E-state index contributed by atoms with van der Waals surface area (Å²) in [5.74, 6) is 1.95. The first kappa shape index (κ1) is 22.5. The molecule has 0 fully saturated rings. The average Bonchev–Trinajstić information content (AvgIpc) is 2.89. The molecule has 5 rings (SSSR count). The van der Waals surface area contributed by atoms with Crippen LogP contribution in [0, 0.1) is 0 Å². The highest BCUT2D eigenvalue weighted by Gasteiger charge is 2.10. The zero-order valence-corrected chi connectivity index (χ0v) is 19.7. The summed E-state index contributed by atoms with van der Waals surface area (Å²) in [5, 5.41) is 6.97. The third-order valence-electron chi connectivity index (χ3n) is 5.42. The maximum absolute atomic E-state index is 13.2. The Morgan fingerprint density at radius 1 is 0.800 bits per heavy atom. The van der Waals surface area contributed by atoms with Gasteiger partial charge in [-0.3, -0.25) is 9.97 Å². The summed E-state index contributed by atoms with van der Waals surface area (Å²) < 4.78 is 28.8. The second-order valence-electron chi connectivity index (χ2n) is 7.71. The largest absolute Gasteiger partial charge is 0.497 e. The van der Waals surface area contributed by atoms with Gasteiger partial charge in [0.25, 0.3) is 0 Å². The topological polar surface area (TPSA) is 99.7 Å². The van der Waals surface area contributed by atoms with Crippen LogP contribution in [0.25, 0.3) is 22.0 Å². The molecule has 174 valence electrons. The van der Waals surface area contributed by atoms with E-state index in [4.69, 9.17) is 14.6 Å². The fraction of sp³-hybridized carbons (Fsp3) is 0.0370. The summed E-state index contributed by atoms with van der Waals surface area (Å²) in [5.41, 5.74) is 3.35. The van der Waals surface area contributed by atoms with Gasteiger partial charge in [-0.15, -0.1) is 0 Å². The molecule has 0 aliphatic heterocycles. The molecule has 0 aliphatic carbocycles. The smallest absolute Gasteiger partial charge is 0.139 e. The molecule has 35 heavy (non-hydrogen) atoms. The number of methoxy groups -OCH3 is 1. The molecular formula is C27H22N4O3S. The van der Waals surface area contributed by atoms with Crippen molar-refractivity contribution in [3.05, 3.63) is 104 Å². The number of hydrogen-bond acceptors (Lipinski definition) is 6. The summed E-state index contributed by atoms with van der Waals surface area (Å²) in [4.78, 5) is 8.81. The van der Waals surface area contributed by atoms with E-state index < -0.39 is 9.92 Å². The van der Waals surface area contributed by atoms with Gasteiger partial charge in [0.15, 0.2) is 0 Å². The van der Waals surface area contributed by atoms with Crippen molar-refractivity contribution in [2.24, 2.45) is 9.50 Å². The van der Waals surface area contributed by atoms with Crippen molar-refractivity contribution in [3.8, 4) is 28.4 Å². The van der Waals surface area contributed by atoms with Gasteiger partial charge in [0.1, 0.15) is 27.2 Å². The fourth-order valence-electron chi connectivity index (χ4n) is 3.62. The minimum atomic E-state index is -3.14. The van der Waals surface area contributed by atoms with Crippen molar-refractivity contribution >= 4 is 26.5 Å². The van der Waals surface area contributed by atoms with Crippen molar-refractivity contribution in [3.63, 3.8) is 0 Å². The summed E-state index contributed by atoms with van der Waals surface area (Å²) in [7, 11) is -1.52. The first-order valence-electron chi connectivity index (χ1n) is 10.8. The Morgan fingerprint density at radius 3 is 2.20 bits per heavy atom. The SMILES string of the molecule is COc1ccc2c(Oc3ccc(S(N)(=O)=Nc4ccc(-c5ccncc5)cc4)cc3)ccnc2c1. The van der Waals surface area contributed by atoms with Gasteiger partial charge in [-0.25, -0.2) is 9.35 Å². The van der Waals surface area contributed by atoms with Crippen LogP contribution >= 0.6 is 0 Å². The second-order valence-corrected chi connectivity index (χ2v) is 9.50. The summed E-state index contributed by atoms with van der Waals surface area (Å²) in [6.07, 6.45) is 5.15. The lowest BCUT2D eigenvalue weighted by molar-refractivity contribution is 0.415. The van der Waals surface area contributed by atoms with Gasteiger partial charge in [-0.1, -0.05) is 12.1 Å². The molecular weight excluding hydrogens is 460 g/mol. The zero-order valence-electron chi connectivity index (χ0n) is 18.9. The van der Waals surface area contributed by atoms with E-state index >= 15 is 0 Å². The minimum absolute atomic E-state index is 0.410. The first-order chi connectivity index (χ1) is 17.0. The van der Waals surface area contributed by atoms with Gasteiger partial charge in [-0.05, 0) is 77.9 Å². The zero-order chi connectivity index (χ0) is 24.3. The van der Waals surface area contributed by atoms with Crippen LogP contribution in [-0.4, -0.2) is 21.3 Å². The first-order valence-corrected chi connectivity index (χ1v) is 12.4. The molecule has 2 heterocycles. The van der Waals surface area contributed by atoms with Gasteiger partial charge in [0.05, 0.1) is 23.2 Å². The monoisotopic (exact) mass is 482 g/mol. The fourth-order valence-corrected chi connectivity index (χ4v) is 4.68. The van der Waals surface area contributed by atoms with E-state index in [1.54, 1.807) is 68.2 Å². The molecule has 5 aromatic rings. The molecule has 1 unspecified atom stereocenters. The quantitative estimate of drug-likeness (QED) is 0.314. The highest BCUT2D eigenvalue weighted by Crippen LogP contribution is 2.31. The lowest BCUT2D eigenvalue weighted by atomic mass is 10.1. The number of nitrogens with zero attached hydrogens (tertiary/aromatic N) is 3. The van der Waals surface area contributed by atoms with E-state index in [1.165, 1.54) is 0 Å². The summed E-state index contributed by atoms with van der Waals surface area (Å²) in [6, 6.07) is 25.4. The number of pyridine rings is 2. The molecule has 0 aliphatic rings. The van der Waals surface area contributed by atoms with Crippen molar-refractivity contribution in [2.75, 3.05) is 7.11 Å². The number of rotatable bonds is 6. The Morgan fingerprint density at radius 2 is 1.49 bits per heavy atom. The number of fused-ring (bicyclic) bond motifs is 1.